The number of hydrogen-bond acceptors (Lipinski definition) is 3. The number of nitrogens with one attached hydrogen (secondary N) is 2. The van der Waals surface area contributed by atoms with E-state index in [4.69, 9.17) is 11.6 Å². The number of anilines is 1. The van der Waals surface area contributed by atoms with Crippen LogP contribution in [0, 0.1) is 5.82 Å². The van der Waals surface area contributed by atoms with Gasteiger partial charge in [-0.25, -0.2) is 9.37 Å². The van der Waals surface area contributed by atoms with E-state index in [2.05, 4.69) is 15.3 Å². The van der Waals surface area contributed by atoms with Crippen LogP contribution in [0.5, 0.6) is 0 Å². The highest BCUT2D eigenvalue weighted by molar-refractivity contribution is 6.31. The highest BCUT2D eigenvalue weighted by Gasteiger charge is 2.16. The number of hydrogen-bond donors (Lipinski definition) is 2. The first kappa shape index (κ1) is 17.9. The lowest BCUT2D eigenvalue weighted by Gasteiger charge is -2.12. The zero-order valence-corrected chi connectivity index (χ0v) is 15.1. The van der Waals surface area contributed by atoms with E-state index in [1.165, 1.54) is 18.2 Å². The number of aromatic nitrogens is 2. The largest absolute Gasteiger partial charge is 0.321 e. The van der Waals surface area contributed by atoms with Gasteiger partial charge in [-0.2, -0.15) is 0 Å². The molecular formula is C21H13ClFN3O2. The van der Waals surface area contributed by atoms with E-state index in [0.717, 1.165) is 6.07 Å². The molecule has 0 atom stereocenters. The van der Waals surface area contributed by atoms with Crippen molar-refractivity contribution in [2.24, 2.45) is 0 Å². The molecule has 4 aromatic rings. The van der Waals surface area contributed by atoms with E-state index in [1.807, 2.05) is 6.07 Å². The van der Waals surface area contributed by atoms with Crippen LogP contribution >= 0.6 is 11.6 Å². The van der Waals surface area contributed by atoms with Crippen molar-refractivity contribution in [2.45, 2.75) is 0 Å². The number of carbonyl (C=O) groups is 1. The first-order chi connectivity index (χ1) is 13.5. The molecule has 0 unspecified atom stereocenters. The summed E-state index contributed by atoms with van der Waals surface area (Å²) in [6.45, 7) is 0. The van der Waals surface area contributed by atoms with Crippen molar-refractivity contribution in [3.8, 4) is 11.3 Å². The third kappa shape index (κ3) is 3.50. The minimum Gasteiger partial charge on any atom is -0.321 e. The lowest BCUT2D eigenvalue weighted by molar-refractivity contribution is 0.102. The maximum atomic E-state index is 13.4. The normalized spacial score (nSPS) is 10.8. The number of fused-ring (bicyclic) bond motifs is 1. The summed E-state index contributed by atoms with van der Waals surface area (Å²) in [6, 6.07) is 17.2. The zero-order valence-electron chi connectivity index (χ0n) is 14.4. The third-order valence-corrected chi connectivity index (χ3v) is 4.41. The highest BCUT2D eigenvalue weighted by atomic mass is 35.5. The third-order valence-electron chi connectivity index (χ3n) is 4.17. The zero-order chi connectivity index (χ0) is 19.7. The molecule has 0 spiro atoms. The average molecular weight is 394 g/mol. The Morgan fingerprint density at radius 2 is 1.86 bits per heavy atom. The van der Waals surface area contributed by atoms with Gasteiger partial charge in [0.1, 0.15) is 11.5 Å². The van der Waals surface area contributed by atoms with E-state index in [0.29, 0.717) is 27.3 Å². The van der Waals surface area contributed by atoms with Crippen LogP contribution < -0.4 is 10.9 Å². The van der Waals surface area contributed by atoms with Crippen LogP contribution in [0.15, 0.2) is 71.5 Å². The van der Waals surface area contributed by atoms with Gasteiger partial charge in [0.2, 0.25) is 0 Å². The van der Waals surface area contributed by atoms with Gasteiger partial charge in [-0.05, 0) is 48.5 Å². The van der Waals surface area contributed by atoms with Crippen molar-refractivity contribution >= 4 is 34.2 Å². The van der Waals surface area contributed by atoms with Crippen molar-refractivity contribution in [3.63, 3.8) is 0 Å². The van der Waals surface area contributed by atoms with Gasteiger partial charge in [0.15, 0.2) is 0 Å². The summed E-state index contributed by atoms with van der Waals surface area (Å²) in [5.41, 5.74) is 1.76. The second kappa shape index (κ2) is 7.25. The van der Waals surface area contributed by atoms with Gasteiger partial charge in [0.25, 0.3) is 11.5 Å². The fourth-order valence-electron chi connectivity index (χ4n) is 2.86. The number of aromatic amines is 1. The van der Waals surface area contributed by atoms with Crippen LogP contribution in [0.25, 0.3) is 22.3 Å². The fraction of sp³-hybridized carbons (Fsp3) is 0. The van der Waals surface area contributed by atoms with E-state index >= 15 is 0 Å². The number of para-hydroxylation sites is 2. The molecule has 0 aliphatic rings. The molecule has 5 nitrogen and oxygen atoms in total. The Balaban J connectivity index is 1.80. The number of nitrogens with zero attached hydrogens (tertiary/aromatic N) is 1. The molecule has 0 aliphatic heterocycles. The lowest BCUT2D eigenvalue weighted by atomic mass is 10.1. The number of carbonyl (C=O) groups excluding carboxylic acids is 1. The molecule has 0 radical (unpaired) electrons. The van der Waals surface area contributed by atoms with E-state index in [1.54, 1.807) is 36.4 Å². The van der Waals surface area contributed by atoms with Crippen LogP contribution in [-0.2, 0) is 0 Å². The van der Waals surface area contributed by atoms with Gasteiger partial charge in [-0.3, -0.25) is 9.59 Å². The predicted molar refractivity (Wildman–Crippen MR) is 107 cm³/mol. The molecular weight excluding hydrogens is 381 g/mol. The van der Waals surface area contributed by atoms with E-state index in [9.17, 15) is 14.0 Å². The standard InChI is InChI=1S/C21H13ClFN3O2/c22-13-8-9-16(25-20(27)12-4-3-5-14(23)10-12)15(11-13)19-21(28)26-18-7-2-1-6-17(18)24-19/h1-11H,(H,25,27)(H,26,28). The monoisotopic (exact) mass is 393 g/mol. The predicted octanol–water partition coefficient (Wildman–Crippen LogP) is 4.63. The number of halogens is 2. The first-order valence-electron chi connectivity index (χ1n) is 8.37. The van der Waals surface area contributed by atoms with Crippen molar-refractivity contribution in [1.82, 2.24) is 9.97 Å². The Morgan fingerprint density at radius 3 is 2.68 bits per heavy atom. The molecule has 28 heavy (non-hydrogen) atoms. The van der Waals surface area contributed by atoms with Crippen LogP contribution in [0.4, 0.5) is 10.1 Å². The summed E-state index contributed by atoms with van der Waals surface area (Å²) in [4.78, 5) is 32.3. The molecule has 1 heterocycles. The van der Waals surface area contributed by atoms with Gasteiger partial charge in [0, 0.05) is 16.1 Å². The van der Waals surface area contributed by atoms with Gasteiger partial charge in [0.05, 0.1) is 16.7 Å². The maximum Gasteiger partial charge on any atom is 0.275 e. The lowest BCUT2D eigenvalue weighted by Crippen LogP contribution is -2.16. The number of rotatable bonds is 3. The number of amides is 1. The number of benzene rings is 3. The molecule has 0 aliphatic carbocycles. The van der Waals surface area contributed by atoms with Gasteiger partial charge >= 0.3 is 0 Å². The minimum atomic E-state index is -0.517. The second-order valence-electron chi connectivity index (χ2n) is 6.09. The SMILES string of the molecule is O=C(Nc1ccc(Cl)cc1-c1nc2ccccc2[nH]c1=O)c1cccc(F)c1. The quantitative estimate of drug-likeness (QED) is 0.532. The molecule has 0 saturated heterocycles. The van der Waals surface area contributed by atoms with Crippen LogP contribution in [0.3, 0.4) is 0 Å². The summed E-state index contributed by atoms with van der Waals surface area (Å²) in [5.74, 6) is -1.03. The smallest absolute Gasteiger partial charge is 0.275 e. The second-order valence-corrected chi connectivity index (χ2v) is 6.52. The summed E-state index contributed by atoms with van der Waals surface area (Å²) < 4.78 is 13.4. The molecule has 0 fully saturated rings. The molecule has 0 saturated carbocycles. The van der Waals surface area contributed by atoms with Crippen LogP contribution in [0.1, 0.15) is 10.4 Å². The summed E-state index contributed by atoms with van der Waals surface area (Å²) in [6.07, 6.45) is 0. The molecule has 1 amide bonds. The Kier molecular flexibility index (Phi) is 4.63. The average Bonchev–Trinajstić information content (AvgIpc) is 2.69. The summed E-state index contributed by atoms with van der Waals surface area (Å²) in [7, 11) is 0. The van der Waals surface area contributed by atoms with Gasteiger partial charge in [-0.15, -0.1) is 0 Å². The maximum absolute atomic E-state index is 13.4. The van der Waals surface area contributed by atoms with Crippen molar-refractivity contribution in [1.29, 1.82) is 0 Å². The summed E-state index contributed by atoms with van der Waals surface area (Å²) >= 11 is 6.11. The highest BCUT2D eigenvalue weighted by Crippen LogP contribution is 2.29. The molecule has 1 aromatic heterocycles. The van der Waals surface area contributed by atoms with E-state index in [-0.39, 0.29) is 11.3 Å². The minimum absolute atomic E-state index is 0.121. The van der Waals surface area contributed by atoms with Crippen molar-refractivity contribution in [3.05, 3.63) is 93.5 Å². The van der Waals surface area contributed by atoms with Crippen molar-refractivity contribution in [2.75, 3.05) is 5.32 Å². The topological polar surface area (TPSA) is 74.8 Å². The fourth-order valence-corrected chi connectivity index (χ4v) is 3.03. The Labute approximate surface area is 163 Å². The van der Waals surface area contributed by atoms with E-state index < -0.39 is 17.3 Å². The molecule has 7 heteroatoms. The molecule has 2 N–H and O–H groups in total. The van der Waals surface area contributed by atoms with Crippen LogP contribution in [0.2, 0.25) is 5.02 Å². The molecule has 3 aromatic carbocycles. The summed E-state index contributed by atoms with van der Waals surface area (Å²) in [5, 5.41) is 3.08. The van der Waals surface area contributed by atoms with Crippen LogP contribution in [-0.4, -0.2) is 15.9 Å². The van der Waals surface area contributed by atoms with Crippen molar-refractivity contribution < 1.29 is 9.18 Å². The Bertz CT molecular complexity index is 1270. The molecule has 4 rings (SSSR count). The first-order valence-corrected chi connectivity index (χ1v) is 8.75. The molecule has 0 bridgehead atoms. The van der Waals surface area contributed by atoms with Gasteiger partial charge < -0.3 is 10.3 Å². The Morgan fingerprint density at radius 1 is 1.04 bits per heavy atom. The Hall–Kier alpha value is -3.51. The van der Waals surface area contributed by atoms with Gasteiger partial charge in [-0.1, -0.05) is 29.8 Å². The molecule has 138 valence electrons. The number of H-pyrrole nitrogens is 1.